The number of fused-ring (bicyclic) bond motifs is 3. The maximum Gasteiger partial charge on any atom is 0.227 e. The van der Waals surface area contributed by atoms with E-state index in [9.17, 15) is 14.7 Å². The largest absolute Gasteiger partial charge is 0.502 e. The number of amides is 1. The smallest absolute Gasteiger partial charge is 0.227 e. The van der Waals surface area contributed by atoms with Gasteiger partial charge in [0.25, 0.3) is 0 Å². The fraction of sp³-hybridized carbons (Fsp3) is 0.292. The number of rotatable bonds is 4. The van der Waals surface area contributed by atoms with Crippen molar-refractivity contribution in [3.63, 3.8) is 0 Å². The Labute approximate surface area is 184 Å². The second kappa shape index (κ2) is 7.71. The van der Waals surface area contributed by atoms with Gasteiger partial charge >= 0.3 is 0 Å². The molecule has 0 aliphatic carbocycles. The highest BCUT2D eigenvalue weighted by Gasteiger charge is 2.31. The number of H-pyrrole nitrogens is 1. The number of benzene rings is 1. The summed E-state index contributed by atoms with van der Waals surface area (Å²) >= 11 is 0. The highest BCUT2D eigenvalue weighted by atomic mass is 16.4. The summed E-state index contributed by atoms with van der Waals surface area (Å²) in [6, 6.07) is 11.2. The van der Waals surface area contributed by atoms with Gasteiger partial charge in [0.1, 0.15) is 5.76 Å². The number of hydrogen-bond acceptors (Lipinski definition) is 5. The molecule has 1 aliphatic heterocycles. The van der Waals surface area contributed by atoms with Gasteiger partial charge in [0.15, 0.2) is 5.76 Å². The van der Waals surface area contributed by atoms with E-state index in [1.54, 1.807) is 30.9 Å². The van der Waals surface area contributed by atoms with Crippen LogP contribution in [0.2, 0.25) is 0 Å². The van der Waals surface area contributed by atoms with Crippen LogP contribution in [-0.2, 0) is 24.8 Å². The zero-order chi connectivity index (χ0) is 22.4. The molecule has 32 heavy (non-hydrogen) atoms. The van der Waals surface area contributed by atoms with Crippen LogP contribution >= 0.6 is 0 Å². The van der Waals surface area contributed by atoms with Crippen LogP contribution in [0.5, 0.6) is 5.75 Å². The van der Waals surface area contributed by atoms with Crippen LogP contribution in [0.25, 0.3) is 10.9 Å². The molecular formula is C24H24N4O4. The maximum atomic E-state index is 13.4. The minimum atomic E-state index is -0.633. The molecule has 0 spiro atoms. The Bertz CT molecular complexity index is 1380. The Kier molecular flexibility index (Phi) is 4.84. The standard InChI is InChI=1S/C24H24N4O4/c1-14-11-21(29)23(31)24(32-14)17(20-7-9-25-27(20)2)12-22(30)28-10-8-16-15-5-3-4-6-18(15)26-19(16)13-28/h3-7,9,11,17,26,31H,8,10,12-13H2,1-2H3/t17-/m1/s1. The van der Waals surface area contributed by atoms with E-state index in [1.807, 2.05) is 23.1 Å². The minimum absolute atomic E-state index is 0.0506. The molecule has 0 saturated carbocycles. The zero-order valence-electron chi connectivity index (χ0n) is 18.0. The van der Waals surface area contributed by atoms with Crippen molar-refractivity contribution in [3.8, 4) is 5.75 Å². The number of nitrogens with one attached hydrogen (secondary N) is 1. The molecule has 0 radical (unpaired) electrons. The normalized spacial score (nSPS) is 14.5. The number of aromatic hydroxyl groups is 1. The molecule has 1 aromatic carbocycles. The Morgan fingerprint density at radius 1 is 1.31 bits per heavy atom. The Hall–Kier alpha value is -3.81. The molecule has 0 fully saturated rings. The van der Waals surface area contributed by atoms with E-state index < -0.39 is 17.1 Å². The van der Waals surface area contributed by atoms with E-state index in [-0.39, 0.29) is 18.1 Å². The van der Waals surface area contributed by atoms with Gasteiger partial charge in [-0.25, -0.2) is 0 Å². The number of carbonyl (C=O) groups is 1. The van der Waals surface area contributed by atoms with Crippen molar-refractivity contribution >= 4 is 16.8 Å². The quantitative estimate of drug-likeness (QED) is 0.516. The predicted octanol–water partition coefficient (Wildman–Crippen LogP) is 2.98. The van der Waals surface area contributed by atoms with Crippen molar-refractivity contribution in [3.05, 3.63) is 81.3 Å². The van der Waals surface area contributed by atoms with Crippen LogP contribution in [-0.4, -0.2) is 37.2 Å². The van der Waals surface area contributed by atoms with Crippen LogP contribution < -0.4 is 5.43 Å². The van der Waals surface area contributed by atoms with Gasteiger partial charge in [-0.15, -0.1) is 0 Å². The lowest BCUT2D eigenvalue weighted by Crippen LogP contribution is -2.36. The highest BCUT2D eigenvalue weighted by Crippen LogP contribution is 2.34. The zero-order valence-corrected chi connectivity index (χ0v) is 18.0. The van der Waals surface area contributed by atoms with Crippen molar-refractivity contribution in [2.75, 3.05) is 6.54 Å². The summed E-state index contributed by atoms with van der Waals surface area (Å²) in [5, 5.41) is 15.8. The lowest BCUT2D eigenvalue weighted by Gasteiger charge is -2.29. The van der Waals surface area contributed by atoms with Gasteiger partial charge in [-0.1, -0.05) is 18.2 Å². The molecule has 2 N–H and O–H groups in total. The van der Waals surface area contributed by atoms with E-state index in [2.05, 4.69) is 16.1 Å². The SMILES string of the molecule is Cc1cc(=O)c(O)c([C@H](CC(=O)N2CCc3c([nH]c4ccccc34)C2)c2ccnn2C)o1. The van der Waals surface area contributed by atoms with Crippen LogP contribution in [0.4, 0.5) is 0 Å². The van der Waals surface area contributed by atoms with Crippen molar-refractivity contribution < 1.29 is 14.3 Å². The summed E-state index contributed by atoms with van der Waals surface area (Å²) in [6.45, 7) is 2.74. The lowest BCUT2D eigenvalue weighted by molar-refractivity contribution is -0.132. The van der Waals surface area contributed by atoms with Crippen molar-refractivity contribution in [2.24, 2.45) is 7.05 Å². The van der Waals surface area contributed by atoms with E-state index in [4.69, 9.17) is 4.42 Å². The molecule has 5 rings (SSSR count). The Morgan fingerprint density at radius 2 is 2.12 bits per heavy atom. The number of para-hydroxylation sites is 1. The van der Waals surface area contributed by atoms with Gasteiger partial charge in [-0.2, -0.15) is 5.10 Å². The van der Waals surface area contributed by atoms with E-state index in [0.717, 1.165) is 17.6 Å². The summed E-state index contributed by atoms with van der Waals surface area (Å²) in [4.78, 5) is 30.8. The molecule has 1 aliphatic rings. The molecule has 0 unspecified atom stereocenters. The first kappa shape index (κ1) is 20.1. The molecule has 8 heteroatoms. The van der Waals surface area contributed by atoms with Crippen LogP contribution in [0.15, 0.2) is 51.8 Å². The molecule has 0 saturated heterocycles. The minimum Gasteiger partial charge on any atom is -0.502 e. The number of aromatic nitrogens is 3. The number of carbonyl (C=O) groups excluding carboxylic acids is 1. The number of aryl methyl sites for hydroxylation is 2. The summed E-state index contributed by atoms with van der Waals surface area (Å²) in [5.41, 5.74) is 3.55. The summed E-state index contributed by atoms with van der Waals surface area (Å²) < 4.78 is 7.38. The number of nitrogens with zero attached hydrogens (tertiary/aromatic N) is 3. The van der Waals surface area contributed by atoms with Gasteiger partial charge in [0, 0.05) is 54.6 Å². The molecule has 4 heterocycles. The molecule has 0 bridgehead atoms. The summed E-state index contributed by atoms with van der Waals surface area (Å²) in [5.74, 6) is -0.708. The van der Waals surface area contributed by atoms with Crippen LogP contribution in [0.3, 0.4) is 0 Å². The molecular weight excluding hydrogens is 408 g/mol. The number of aromatic amines is 1. The van der Waals surface area contributed by atoms with Crippen molar-refractivity contribution in [1.82, 2.24) is 19.7 Å². The van der Waals surface area contributed by atoms with Gasteiger partial charge < -0.3 is 19.4 Å². The predicted molar refractivity (Wildman–Crippen MR) is 118 cm³/mol. The van der Waals surface area contributed by atoms with Gasteiger partial charge in [0.2, 0.25) is 17.1 Å². The van der Waals surface area contributed by atoms with Gasteiger partial charge in [-0.3, -0.25) is 14.3 Å². The molecule has 1 amide bonds. The topological polar surface area (TPSA) is 104 Å². The van der Waals surface area contributed by atoms with E-state index in [0.29, 0.717) is 24.5 Å². The molecule has 4 aromatic rings. The Balaban J connectivity index is 1.46. The van der Waals surface area contributed by atoms with Crippen LogP contribution in [0, 0.1) is 6.92 Å². The first-order valence-electron chi connectivity index (χ1n) is 10.6. The second-order valence-electron chi connectivity index (χ2n) is 8.26. The van der Waals surface area contributed by atoms with E-state index in [1.165, 1.54) is 17.0 Å². The first-order valence-corrected chi connectivity index (χ1v) is 10.6. The molecule has 1 atom stereocenters. The average molecular weight is 432 g/mol. The fourth-order valence-corrected chi connectivity index (χ4v) is 4.63. The maximum absolute atomic E-state index is 13.4. The van der Waals surface area contributed by atoms with Crippen LogP contribution in [0.1, 0.15) is 40.8 Å². The summed E-state index contributed by atoms with van der Waals surface area (Å²) in [7, 11) is 1.76. The monoisotopic (exact) mass is 432 g/mol. The molecule has 3 aromatic heterocycles. The molecule has 164 valence electrons. The second-order valence-corrected chi connectivity index (χ2v) is 8.26. The van der Waals surface area contributed by atoms with Gasteiger partial charge in [-0.05, 0) is 31.0 Å². The highest BCUT2D eigenvalue weighted by molar-refractivity contribution is 5.85. The third kappa shape index (κ3) is 3.37. The third-order valence-corrected chi connectivity index (χ3v) is 6.22. The summed E-state index contributed by atoms with van der Waals surface area (Å²) in [6.07, 6.45) is 2.44. The van der Waals surface area contributed by atoms with Gasteiger partial charge in [0.05, 0.1) is 12.5 Å². The first-order chi connectivity index (χ1) is 15.4. The van der Waals surface area contributed by atoms with E-state index >= 15 is 0 Å². The lowest BCUT2D eigenvalue weighted by atomic mass is 9.95. The van der Waals surface area contributed by atoms with Crippen molar-refractivity contribution in [2.45, 2.75) is 32.2 Å². The average Bonchev–Trinajstić information content (AvgIpc) is 3.37. The van der Waals surface area contributed by atoms with Crippen molar-refractivity contribution in [1.29, 1.82) is 0 Å². The fourth-order valence-electron chi connectivity index (χ4n) is 4.63. The number of hydrogen-bond donors (Lipinski definition) is 2. The Morgan fingerprint density at radius 3 is 2.91 bits per heavy atom. The molecule has 8 nitrogen and oxygen atoms in total. The third-order valence-electron chi connectivity index (χ3n) is 6.22.